The minimum Gasteiger partial charge on any atom is -0.326 e. The first-order valence-electron chi connectivity index (χ1n) is 9.60. The normalized spacial score (nSPS) is 18.0. The van der Waals surface area contributed by atoms with E-state index >= 15 is 0 Å². The van der Waals surface area contributed by atoms with E-state index < -0.39 is 15.9 Å². The van der Waals surface area contributed by atoms with Crippen LogP contribution in [0.15, 0.2) is 52.0 Å². The van der Waals surface area contributed by atoms with Gasteiger partial charge < -0.3 is 5.32 Å². The molecule has 1 saturated heterocycles. The van der Waals surface area contributed by atoms with E-state index in [0.717, 1.165) is 17.7 Å². The number of hydrogen-bond acceptors (Lipinski definition) is 6. The standard InChI is InChI=1S/C20H22N4O4S/c1-2-14-6-3-8-16(12-14)21-20(25)15-7-5-11-24(13-15)29(26,27)18-10-4-9-17-19(18)23-28-22-17/h3-4,6,8-10,12,15H,2,5,7,11,13H2,1H3,(H,21,25)/t15-/m0/s1. The molecule has 29 heavy (non-hydrogen) atoms. The molecular weight excluding hydrogens is 392 g/mol. The summed E-state index contributed by atoms with van der Waals surface area (Å²) in [6.45, 7) is 2.54. The van der Waals surface area contributed by atoms with Crippen molar-refractivity contribution < 1.29 is 17.8 Å². The van der Waals surface area contributed by atoms with Gasteiger partial charge in [0.15, 0.2) is 5.52 Å². The van der Waals surface area contributed by atoms with Crippen LogP contribution in [0, 0.1) is 5.92 Å². The Bertz CT molecular complexity index is 1140. The predicted molar refractivity (Wildman–Crippen MR) is 108 cm³/mol. The van der Waals surface area contributed by atoms with Crippen molar-refractivity contribution >= 4 is 32.7 Å². The van der Waals surface area contributed by atoms with Crippen LogP contribution in [0.3, 0.4) is 0 Å². The maximum Gasteiger partial charge on any atom is 0.245 e. The zero-order valence-corrected chi connectivity index (χ0v) is 16.9. The lowest BCUT2D eigenvalue weighted by atomic mass is 9.98. The summed E-state index contributed by atoms with van der Waals surface area (Å²) in [5, 5.41) is 10.4. The lowest BCUT2D eigenvalue weighted by Gasteiger charge is -2.31. The van der Waals surface area contributed by atoms with E-state index in [0.29, 0.717) is 24.9 Å². The number of carbonyl (C=O) groups is 1. The van der Waals surface area contributed by atoms with Crippen LogP contribution in [-0.4, -0.2) is 42.0 Å². The Morgan fingerprint density at radius 1 is 1.24 bits per heavy atom. The largest absolute Gasteiger partial charge is 0.326 e. The number of nitrogens with zero attached hydrogens (tertiary/aromatic N) is 3. The van der Waals surface area contributed by atoms with Crippen LogP contribution in [0.1, 0.15) is 25.3 Å². The predicted octanol–water partition coefficient (Wildman–Crippen LogP) is 2.82. The molecule has 152 valence electrons. The van der Waals surface area contributed by atoms with Gasteiger partial charge in [-0.15, -0.1) is 0 Å². The second-order valence-electron chi connectivity index (χ2n) is 7.13. The van der Waals surface area contributed by atoms with Gasteiger partial charge in [-0.1, -0.05) is 25.1 Å². The summed E-state index contributed by atoms with van der Waals surface area (Å²) in [5.41, 5.74) is 2.45. The number of nitrogens with one attached hydrogen (secondary N) is 1. The maximum absolute atomic E-state index is 13.2. The monoisotopic (exact) mass is 414 g/mol. The summed E-state index contributed by atoms with van der Waals surface area (Å²) in [5.74, 6) is -0.585. The number of aromatic nitrogens is 2. The molecule has 2 heterocycles. The zero-order chi connectivity index (χ0) is 20.4. The molecule has 8 nitrogen and oxygen atoms in total. The third kappa shape index (κ3) is 3.88. The number of carbonyl (C=O) groups excluding carboxylic acids is 1. The molecule has 0 bridgehead atoms. The highest BCUT2D eigenvalue weighted by atomic mass is 32.2. The molecule has 1 N–H and O–H groups in total. The molecule has 0 unspecified atom stereocenters. The second-order valence-corrected chi connectivity index (χ2v) is 9.04. The second kappa shape index (κ2) is 7.92. The number of amides is 1. The molecule has 1 atom stereocenters. The van der Waals surface area contributed by atoms with Crippen LogP contribution in [-0.2, 0) is 21.2 Å². The van der Waals surface area contributed by atoms with Crippen molar-refractivity contribution in [2.45, 2.75) is 31.1 Å². The first-order valence-corrected chi connectivity index (χ1v) is 11.0. The molecule has 4 rings (SSSR count). The van der Waals surface area contributed by atoms with Crippen LogP contribution < -0.4 is 5.32 Å². The van der Waals surface area contributed by atoms with E-state index in [1.165, 1.54) is 10.4 Å². The van der Waals surface area contributed by atoms with Crippen molar-refractivity contribution in [1.82, 2.24) is 14.6 Å². The minimum atomic E-state index is -3.82. The van der Waals surface area contributed by atoms with E-state index in [1.54, 1.807) is 12.1 Å². The lowest BCUT2D eigenvalue weighted by molar-refractivity contribution is -0.120. The number of fused-ring (bicyclic) bond motifs is 1. The molecule has 9 heteroatoms. The van der Waals surface area contributed by atoms with Gasteiger partial charge in [-0.2, -0.15) is 4.31 Å². The fourth-order valence-electron chi connectivity index (χ4n) is 3.62. The van der Waals surface area contributed by atoms with Gasteiger partial charge in [-0.05, 0) is 59.4 Å². The van der Waals surface area contributed by atoms with E-state index in [1.807, 2.05) is 24.3 Å². The molecule has 1 amide bonds. The summed E-state index contributed by atoms with van der Waals surface area (Å²) in [6.07, 6.45) is 2.13. The van der Waals surface area contributed by atoms with E-state index in [9.17, 15) is 13.2 Å². The Balaban J connectivity index is 1.53. The number of benzene rings is 2. The number of aryl methyl sites for hydroxylation is 1. The molecule has 0 spiro atoms. The third-order valence-corrected chi connectivity index (χ3v) is 7.12. The number of sulfonamides is 1. The molecular formula is C20H22N4O4S. The van der Waals surface area contributed by atoms with Crippen molar-refractivity contribution in [2.24, 2.45) is 5.92 Å². The smallest absolute Gasteiger partial charge is 0.245 e. The lowest BCUT2D eigenvalue weighted by Crippen LogP contribution is -2.43. The van der Waals surface area contributed by atoms with Crippen molar-refractivity contribution in [3.05, 3.63) is 48.0 Å². The van der Waals surface area contributed by atoms with Gasteiger partial charge in [0.1, 0.15) is 10.4 Å². The first-order chi connectivity index (χ1) is 14.0. The molecule has 1 aromatic heterocycles. The molecule has 0 saturated carbocycles. The van der Waals surface area contributed by atoms with Gasteiger partial charge in [0.05, 0.1) is 5.92 Å². The summed E-state index contributed by atoms with van der Waals surface area (Å²) in [6, 6.07) is 12.4. The van der Waals surface area contributed by atoms with Gasteiger partial charge >= 0.3 is 0 Å². The van der Waals surface area contributed by atoms with E-state index in [4.69, 9.17) is 0 Å². The first kappa shape index (κ1) is 19.5. The van der Waals surface area contributed by atoms with Crippen LogP contribution in [0.5, 0.6) is 0 Å². The topological polar surface area (TPSA) is 105 Å². The van der Waals surface area contributed by atoms with Gasteiger partial charge in [0.25, 0.3) is 0 Å². The van der Waals surface area contributed by atoms with Crippen LogP contribution in [0.4, 0.5) is 5.69 Å². The Morgan fingerprint density at radius 3 is 2.90 bits per heavy atom. The summed E-state index contributed by atoms with van der Waals surface area (Å²) in [4.78, 5) is 12.8. The minimum absolute atomic E-state index is 0.0490. The average Bonchev–Trinajstić information content (AvgIpc) is 3.22. The van der Waals surface area contributed by atoms with E-state index in [-0.39, 0.29) is 22.9 Å². The molecule has 2 aromatic carbocycles. The SMILES string of the molecule is CCc1cccc(NC(=O)[C@H]2CCCN(S(=O)(=O)c3cccc4nonc34)C2)c1. The van der Waals surface area contributed by atoms with Gasteiger partial charge in [0.2, 0.25) is 15.9 Å². The highest BCUT2D eigenvalue weighted by Crippen LogP contribution is 2.28. The van der Waals surface area contributed by atoms with Crippen molar-refractivity contribution in [3.63, 3.8) is 0 Å². The fraction of sp³-hybridized carbons (Fsp3) is 0.350. The van der Waals surface area contributed by atoms with Crippen molar-refractivity contribution in [3.8, 4) is 0 Å². The summed E-state index contributed by atoms with van der Waals surface area (Å²) in [7, 11) is -3.82. The molecule has 1 fully saturated rings. The van der Waals surface area contributed by atoms with Gasteiger partial charge in [-0.25, -0.2) is 13.0 Å². The van der Waals surface area contributed by atoms with Crippen LogP contribution in [0.25, 0.3) is 11.0 Å². The third-order valence-electron chi connectivity index (χ3n) is 5.22. The van der Waals surface area contributed by atoms with Crippen LogP contribution >= 0.6 is 0 Å². The fourth-order valence-corrected chi connectivity index (χ4v) is 5.28. The average molecular weight is 414 g/mol. The number of rotatable bonds is 5. The molecule has 1 aliphatic rings. The Kier molecular flexibility index (Phi) is 5.33. The highest BCUT2D eigenvalue weighted by Gasteiger charge is 2.34. The molecule has 1 aliphatic heterocycles. The number of hydrogen-bond donors (Lipinski definition) is 1. The number of piperidine rings is 1. The van der Waals surface area contributed by atoms with Gasteiger partial charge in [-0.3, -0.25) is 4.79 Å². The summed E-state index contributed by atoms with van der Waals surface area (Å²) < 4.78 is 32.4. The van der Waals surface area contributed by atoms with Crippen molar-refractivity contribution in [1.29, 1.82) is 0 Å². The Labute approximate surface area is 168 Å². The Morgan fingerprint density at radius 2 is 2.07 bits per heavy atom. The Hall–Kier alpha value is -2.78. The quantitative estimate of drug-likeness (QED) is 0.688. The van der Waals surface area contributed by atoms with Crippen molar-refractivity contribution in [2.75, 3.05) is 18.4 Å². The number of anilines is 1. The highest BCUT2D eigenvalue weighted by molar-refractivity contribution is 7.89. The van der Waals surface area contributed by atoms with E-state index in [2.05, 4.69) is 27.2 Å². The molecule has 3 aromatic rings. The molecule has 0 aliphatic carbocycles. The molecule has 0 radical (unpaired) electrons. The summed E-state index contributed by atoms with van der Waals surface area (Å²) >= 11 is 0. The van der Waals surface area contributed by atoms with Crippen LogP contribution in [0.2, 0.25) is 0 Å². The van der Waals surface area contributed by atoms with Gasteiger partial charge in [0, 0.05) is 18.8 Å². The maximum atomic E-state index is 13.2. The zero-order valence-electron chi connectivity index (χ0n) is 16.0.